The lowest BCUT2D eigenvalue weighted by Crippen LogP contribution is -2.41. The third-order valence-electron chi connectivity index (χ3n) is 5.38. The van der Waals surface area contributed by atoms with Crippen molar-refractivity contribution in [3.63, 3.8) is 0 Å². The lowest BCUT2D eigenvalue weighted by atomic mass is 9.84. The van der Waals surface area contributed by atoms with Crippen LogP contribution in [0.5, 0.6) is 0 Å². The summed E-state index contributed by atoms with van der Waals surface area (Å²) >= 11 is 0. The molecule has 1 heterocycles. The Kier molecular flexibility index (Phi) is 5.92. The number of rotatable bonds is 5. The van der Waals surface area contributed by atoms with Crippen molar-refractivity contribution in [2.75, 3.05) is 37.8 Å². The smallest absolute Gasteiger partial charge is 0.0642 e. The first-order valence-corrected chi connectivity index (χ1v) is 9.07. The molecule has 1 aromatic rings. The summed E-state index contributed by atoms with van der Waals surface area (Å²) in [6, 6.07) is 9.69. The Balaban J connectivity index is 1.59. The van der Waals surface area contributed by atoms with Crippen LogP contribution >= 0.6 is 0 Å². The molecule has 4 nitrogen and oxygen atoms in total. The van der Waals surface area contributed by atoms with Gasteiger partial charge in [0.15, 0.2) is 0 Å². The van der Waals surface area contributed by atoms with E-state index in [9.17, 15) is 5.11 Å². The highest BCUT2D eigenvalue weighted by Gasteiger charge is 2.25. The van der Waals surface area contributed by atoms with Gasteiger partial charge in [0.1, 0.15) is 0 Å². The number of morpholine rings is 1. The Hall–Kier alpha value is -1.10. The monoisotopic (exact) mass is 318 g/mol. The van der Waals surface area contributed by atoms with Crippen LogP contribution in [-0.4, -0.2) is 44.1 Å². The zero-order valence-corrected chi connectivity index (χ0v) is 14.2. The van der Waals surface area contributed by atoms with E-state index in [-0.39, 0.29) is 0 Å². The lowest BCUT2D eigenvalue weighted by molar-refractivity contribution is 0.122. The van der Waals surface area contributed by atoms with Crippen molar-refractivity contribution in [1.82, 2.24) is 5.32 Å². The van der Waals surface area contributed by atoms with Gasteiger partial charge in [0.25, 0.3) is 0 Å². The van der Waals surface area contributed by atoms with Gasteiger partial charge >= 0.3 is 0 Å². The molecule has 1 saturated heterocycles. The second kappa shape index (κ2) is 8.13. The summed E-state index contributed by atoms with van der Waals surface area (Å²) in [5, 5.41) is 13.3. The number of nitrogens with zero attached hydrogens (tertiary/aromatic N) is 1. The van der Waals surface area contributed by atoms with E-state index in [1.54, 1.807) is 0 Å². The first kappa shape index (κ1) is 16.7. The highest BCUT2D eigenvalue weighted by atomic mass is 16.5. The van der Waals surface area contributed by atoms with Gasteiger partial charge in [-0.1, -0.05) is 25.0 Å². The molecule has 0 amide bonds. The van der Waals surface area contributed by atoms with Crippen LogP contribution in [0, 0.1) is 5.92 Å². The minimum absolute atomic E-state index is 0.306. The molecule has 0 bridgehead atoms. The number of aliphatic hydroxyl groups is 1. The Labute approximate surface area is 139 Å². The van der Waals surface area contributed by atoms with Crippen molar-refractivity contribution in [3.05, 3.63) is 29.8 Å². The quantitative estimate of drug-likeness (QED) is 0.876. The van der Waals surface area contributed by atoms with E-state index >= 15 is 0 Å². The zero-order chi connectivity index (χ0) is 16.1. The van der Waals surface area contributed by atoms with Crippen LogP contribution in [-0.2, 0) is 4.74 Å². The highest BCUT2D eigenvalue weighted by Crippen LogP contribution is 2.27. The van der Waals surface area contributed by atoms with Crippen LogP contribution in [0.4, 0.5) is 5.69 Å². The van der Waals surface area contributed by atoms with E-state index in [1.807, 2.05) is 0 Å². The van der Waals surface area contributed by atoms with Crippen molar-refractivity contribution in [1.29, 1.82) is 0 Å². The van der Waals surface area contributed by atoms with Gasteiger partial charge in [0.2, 0.25) is 0 Å². The number of benzene rings is 1. The maximum absolute atomic E-state index is 9.57. The summed E-state index contributed by atoms with van der Waals surface area (Å²) in [4.78, 5) is 2.38. The molecule has 128 valence electrons. The van der Waals surface area contributed by atoms with E-state index in [0.29, 0.717) is 24.6 Å². The van der Waals surface area contributed by atoms with Gasteiger partial charge in [-0.3, -0.25) is 0 Å². The normalized spacial score (nSPS) is 27.0. The molecule has 3 atom stereocenters. The summed E-state index contributed by atoms with van der Waals surface area (Å²) < 4.78 is 5.42. The van der Waals surface area contributed by atoms with Crippen molar-refractivity contribution < 1.29 is 9.84 Å². The fraction of sp³-hybridized carbons (Fsp3) is 0.684. The Bertz CT molecular complexity index is 471. The maximum Gasteiger partial charge on any atom is 0.0642 e. The second-order valence-corrected chi connectivity index (χ2v) is 6.91. The van der Waals surface area contributed by atoms with E-state index in [1.165, 1.54) is 30.5 Å². The van der Waals surface area contributed by atoms with Crippen LogP contribution < -0.4 is 10.2 Å². The number of ether oxygens (including phenoxy) is 1. The SMILES string of the molecule is CC(NC1CCCCC1CO)c1ccc(N2CCOCC2)cc1. The fourth-order valence-electron chi connectivity index (χ4n) is 3.86. The van der Waals surface area contributed by atoms with Crippen molar-refractivity contribution in [2.24, 2.45) is 5.92 Å². The molecule has 1 saturated carbocycles. The number of hydrogen-bond donors (Lipinski definition) is 2. The Morgan fingerprint density at radius 3 is 2.57 bits per heavy atom. The van der Waals surface area contributed by atoms with Gasteiger partial charge in [-0.25, -0.2) is 0 Å². The number of anilines is 1. The largest absolute Gasteiger partial charge is 0.396 e. The average Bonchev–Trinajstić information content (AvgIpc) is 2.63. The predicted octanol–water partition coefficient (Wildman–Crippen LogP) is 2.72. The molecule has 1 aliphatic carbocycles. The first-order valence-electron chi connectivity index (χ1n) is 9.07. The minimum atomic E-state index is 0.306. The second-order valence-electron chi connectivity index (χ2n) is 6.91. The van der Waals surface area contributed by atoms with Gasteiger partial charge in [0.05, 0.1) is 13.2 Å². The molecule has 0 spiro atoms. The summed E-state index contributed by atoms with van der Waals surface area (Å²) in [7, 11) is 0. The minimum Gasteiger partial charge on any atom is -0.396 e. The molecule has 3 unspecified atom stereocenters. The molecule has 23 heavy (non-hydrogen) atoms. The van der Waals surface area contributed by atoms with Gasteiger partial charge in [-0.15, -0.1) is 0 Å². The standard InChI is InChI=1S/C19H30N2O2/c1-15(20-19-5-3-2-4-17(19)14-22)16-6-8-18(9-7-16)21-10-12-23-13-11-21/h6-9,15,17,19-20,22H,2-5,10-14H2,1H3. The third-order valence-corrected chi connectivity index (χ3v) is 5.38. The van der Waals surface area contributed by atoms with Gasteiger partial charge < -0.3 is 20.1 Å². The Morgan fingerprint density at radius 2 is 1.87 bits per heavy atom. The number of aliphatic hydroxyl groups excluding tert-OH is 1. The van der Waals surface area contributed by atoms with Crippen molar-refractivity contribution >= 4 is 5.69 Å². The van der Waals surface area contributed by atoms with Crippen LogP contribution in [0.25, 0.3) is 0 Å². The van der Waals surface area contributed by atoms with Gasteiger partial charge in [0, 0.05) is 37.5 Å². The summed E-state index contributed by atoms with van der Waals surface area (Å²) in [5.74, 6) is 0.416. The van der Waals surface area contributed by atoms with E-state index in [4.69, 9.17) is 4.74 Å². The summed E-state index contributed by atoms with van der Waals surface area (Å²) in [6.45, 7) is 6.14. The molecule has 1 aliphatic heterocycles. The molecule has 2 aliphatic rings. The third kappa shape index (κ3) is 4.25. The lowest BCUT2D eigenvalue weighted by Gasteiger charge is -2.33. The van der Waals surface area contributed by atoms with E-state index in [0.717, 1.165) is 32.7 Å². The van der Waals surface area contributed by atoms with Crippen molar-refractivity contribution in [2.45, 2.75) is 44.7 Å². The molecule has 2 N–H and O–H groups in total. The Morgan fingerprint density at radius 1 is 1.17 bits per heavy atom. The molecular weight excluding hydrogens is 288 g/mol. The molecular formula is C19H30N2O2. The summed E-state index contributed by atoms with van der Waals surface area (Å²) in [6.07, 6.45) is 4.86. The van der Waals surface area contributed by atoms with Gasteiger partial charge in [-0.2, -0.15) is 0 Å². The molecule has 0 aromatic heterocycles. The number of hydrogen-bond acceptors (Lipinski definition) is 4. The molecule has 1 aromatic carbocycles. The van der Waals surface area contributed by atoms with E-state index < -0.39 is 0 Å². The topological polar surface area (TPSA) is 44.7 Å². The van der Waals surface area contributed by atoms with Crippen LogP contribution in [0.3, 0.4) is 0 Å². The fourth-order valence-corrected chi connectivity index (χ4v) is 3.86. The molecule has 0 radical (unpaired) electrons. The zero-order valence-electron chi connectivity index (χ0n) is 14.2. The maximum atomic E-state index is 9.57. The predicted molar refractivity (Wildman–Crippen MR) is 93.9 cm³/mol. The van der Waals surface area contributed by atoms with Gasteiger partial charge in [-0.05, 0) is 43.4 Å². The van der Waals surface area contributed by atoms with Crippen LogP contribution in [0.2, 0.25) is 0 Å². The first-order chi connectivity index (χ1) is 11.3. The van der Waals surface area contributed by atoms with Crippen LogP contribution in [0.15, 0.2) is 24.3 Å². The molecule has 3 rings (SSSR count). The summed E-state index contributed by atoms with van der Waals surface area (Å²) in [5.41, 5.74) is 2.61. The highest BCUT2D eigenvalue weighted by molar-refractivity contribution is 5.48. The van der Waals surface area contributed by atoms with Crippen LogP contribution in [0.1, 0.15) is 44.2 Å². The average molecular weight is 318 g/mol. The number of nitrogens with one attached hydrogen (secondary N) is 1. The molecule has 4 heteroatoms. The van der Waals surface area contributed by atoms with E-state index in [2.05, 4.69) is 41.4 Å². The van der Waals surface area contributed by atoms with Crippen molar-refractivity contribution in [3.8, 4) is 0 Å². The molecule has 2 fully saturated rings.